The van der Waals surface area contributed by atoms with Crippen molar-refractivity contribution in [1.29, 1.82) is 0 Å². The summed E-state index contributed by atoms with van der Waals surface area (Å²) in [5.41, 5.74) is 6.44. The van der Waals surface area contributed by atoms with Crippen molar-refractivity contribution in [2.75, 3.05) is 0 Å². The highest BCUT2D eigenvalue weighted by Gasteiger charge is 2.05. The normalized spacial score (nSPS) is 10.3. The summed E-state index contributed by atoms with van der Waals surface area (Å²) >= 11 is 0. The maximum Gasteiger partial charge on any atom is 0.142 e. The molecule has 2 N–H and O–H groups in total. The fraction of sp³-hybridized carbons (Fsp3) is 0.0909. The van der Waals surface area contributed by atoms with Crippen LogP contribution in [-0.2, 0) is 6.54 Å². The molecular formula is C11H10FN3. The number of hydrogen-bond acceptors (Lipinski definition) is 3. The number of benzene rings is 1. The molecule has 0 amide bonds. The van der Waals surface area contributed by atoms with Crippen LogP contribution in [0.2, 0.25) is 0 Å². The first-order valence-electron chi connectivity index (χ1n) is 4.58. The molecule has 0 aliphatic heterocycles. The summed E-state index contributed by atoms with van der Waals surface area (Å²) in [6.45, 7) is 0.252. The van der Waals surface area contributed by atoms with Gasteiger partial charge in [0, 0.05) is 11.8 Å². The number of rotatable bonds is 2. The lowest BCUT2D eigenvalue weighted by Gasteiger charge is -2.03. The van der Waals surface area contributed by atoms with E-state index in [1.807, 2.05) is 0 Å². The average molecular weight is 203 g/mol. The minimum atomic E-state index is -0.292. The molecule has 0 saturated heterocycles. The molecule has 76 valence electrons. The van der Waals surface area contributed by atoms with Gasteiger partial charge in [-0.15, -0.1) is 0 Å². The van der Waals surface area contributed by atoms with Gasteiger partial charge in [0.05, 0.1) is 12.2 Å². The molecule has 0 spiro atoms. The zero-order chi connectivity index (χ0) is 10.7. The zero-order valence-electron chi connectivity index (χ0n) is 8.02. The molecule has 0 fully saturated rings. The van der Waals surface area contributed by atoms with E-state index >= 15 is 0 Å². The van der Waals surface area contributed by atoms with E-state index in [4.69, 9.17) is 5.73 Å². The second kappa shape index (κ2) is 4.14. The first-order chi connectivity index (χ1) is 7.31. The Kier molecular flexibility index (Phi) is 2.69. The van der Waals surface area contributed by atoms with Crippen LogP contribution in [0.15, 0.2) is 36.5 Å². The first kappa shape index (κ1) is 9.73. The minimum Gasteiger partial charge on any atom is -0.324 e. The van der Waals surface area contributed by atoms with Gasteiger partial charge in [0.25, 0.3) is 0 Å². The van der Waals surface area contributed by atoms with Gasteiger partial charge in [0.15, 0.2) is 0 Å². The third kappa shape index (κ3) is 1.99. The van der Waals surface area contributed by atoms with Crippen LogP contribution in [0.25, 0.3) is 11.3 Å². The van der Waals surface area contributed by atoms with E-state index in [-0.39, 0.29) is 12.4 Å². The molecule has 4 heteroatoms. The van der Waals surface area contributed by atoms with Gasteiger partial charge in [-0.3, -0.25) is 0 Å². The summed E-state index contributed by atoms with van der Waals surface area (Å²) in [5, 5.41) is 0. The van der Waals surface area contributed by atoms with Crippen LogP contribution in [-0.4, -0.2) is 9.97 Å². The fourth-order valence-corrected chi connectivity index (χ4v) is 1.32. The van der Waals surface area contributed by atoms with Gasteiger partial charge in [0.1, 0.15) is 11.6 Å². The average Bonchev–Trinajstić information content (AvgIpc) is 2.30. The molecule has 1 aromatic heterocycles. The number of nitrogens with zero attached hydrogens (tertiary/aromatic N) is 2. The summed E-state index contributed by atoms with van der Waals surface area (Å²) in [6, 6.07) is 8.15. The highest BCUT2D eigenvalue weighted by Crippen LogP contribution is 2.19. The van der Waals surface area contributed by atoms with E-state index in [1.54, 1.807) is 30.5 Å². The first-order valence-corrected chi connectivity index (χ1v) is 4.58. The van der Waals surface area contributed by atoms with Crippen LogP contribution in [0.3, 0.4) is 0 Å². The van der Waals surface area contributed by atoms with Crippen molar-refractivity contribution >= 4 is 0 Å². The van der Waals surface area contributed by atoms with Crippen molar-refractivity contribution in [3.8, 4) is 11.3 Å². The van der Waals surface area contributed by atoms with Crippen LogP contribution >= 0.6 is 0 Å². The SMILES string of the molecule is NCc1nccc(-c2ccccc2F)n1. The lowest BCUT2D eigenvalue weighted by Crippen LogP contribution is -2.03. The van der Waals surface area contributed by atoms with Crippen LogP contribution in [0.1, 0.15) is 5.82 Å². The standard InChI is InChI=1S/C11H10FN3/c12-9-4-2-1-3-8(9)10-5-6-14-11(7-13)15-10/h1-6H,7,13H2. The van der Waals surface area contributed by atoms with E-state index in [0.717, 1.165) is 0 Å². The van der Waals surface area contributed by atoms with Crippen LogP contribution in [0.4, 0.5) is 4.39 Å². The third-order valence-electron chi connectivity index (χ3n) is 2.04. The van der Waals surface area contributed by atoms with Crippen molar-refractivity contribution in [2.24, 2.45) is 5.73 Å². The fourth-order valence-electron chi connectivity index (χ4n) is 1.32. The molecule has 1 heterocycles. The predicted molar refractivity (Wildman–Crippen MR) is 55.3 cm³/mol. The third-order valence-corrected chi connectivity index (χ3v) is 2.04. The molecule has 0 unspecified atom stereocenters. The maximum atomic E-state index is 13.4. The monoisotopic (exact) mass is 203 g/mol. The van der Waals surface area contributed by atoms with E-state index < -0.39 is 0 Å². The van der Waals surface area contributed by atoms with Crippen LogP contribution in [0.5, 0.6) is 0 Å². The van der Waals surface area contributed by atoms with Crippen molar-refractivity contribution in [2.45, 2.75) is 6.54 Å². The minimum absolute atomic E-state index is 0.252. The Morgan fingerprint density at radius 2 is 2.00 bits per heavy atom. The molecule has 0 aliphatic rings. The largest absolute Gasteiger partial charge is 0.324 e. The van der Waals surface area contributed by atoms with E-state index in [0.29, 0.717) is 17.1 Å². The Labute approximate surface area is 86.8 Å². The highest BCUT2D eigenvalue weighted by atomic mass is 19.1. The zero-order valence-corrected chi connectivity index (χ0v) is 8.02. The molecule has 3 nitrogen and oxygen atoms in total. The number of hydrogen-bond donors (Lipinski definition) is 1. The molecule has 0 saturated carbocycles. The highest BCUT2D eigenvalue weighted by molar-refractivity contribution is 5.59. The Bertz CT molecular complexity index is 471. The molecule has 2 rings (SSSR count). The lowest BCUT2D eigenvalue weighted by atomic mass is 10.1. The Morgan fingerprint density at radius 3 is 2.73 bits per heavy atom. The summed E-state index contributed by atoms with van der Waals surface area (Å²) in [5.74, 6) is 0.218. The lowest BCUT2D eigenvalue weighted by molar-refractivity contribution is 0.630. The van der Waals surface area contributed by atoms with Crippen LogP contribution < -0.4 is 5.73 Å². The Balaban J connectivity index is 2.49. The molecule has 15 heavy (non-hydrogen) atoms. The summed E-state index contributed by atoms with van der Waals surface area (Å²) < 4.78 is 13.4. The molecular weight excluding hydrogens is 193 g/mol. The van der Waals surface area contributed by atoms with Gasteiger partial charge >= 0.3 is 0 Å². The summed E-state index contributed by atoms with van der Waals surface area (Å²) in [4.78, 5) is 8.10. The molecule has 0 aliphatic carbocycles. The second-order valence-electron chi connectivity index (χ2n) is 3.04. The van der Waals surface area contributed by atoms with Crippen molar-refractivity contribution in [3.63, 3.8) is 0 Å². The topological polar surface area (TPSA) is 51.8 Å². The molecule has 1 aromatic carbocycles. The van der Waals surface area contributed by atoms with Gasteiger partial charge in [-0.2, -0.15) is 0 Å². The maximum absolute atomic E-state index is 13.4. The molecule has 0 atom stereocenters. The summed E-state index contributed by atoms with van der Waals surface area (Å²) in [6.07, 6.45) is 1.58. The van der Waals surface area contributed by atoms with Crippen molar-refractivity contribution in [1.82, 2.24) is 9.97 Å². The van der Waals surface area contributed by atoms with Gasteiger partial charge < -0.3 is 5.73 Å². The Morgan fingerprint density at radius 1 is 1.20 bits per heavy atom. The van der Waals surface area contributed by atoms with Gasteiger partial charge in [0.2, 0.25) is 0 Å². The van der Waals surface area contributed by atoms with Crippen molar-refractivity contribution < 1.29 is 4.39 Å². The Hall–Kier alpha value is -1.81. The van der Waals surface area contributed by atoms with E-state index in [2.05, 4.69) is 9.97 Å². The smallest absolute Gasteiger partial charge is 0.142 e. The molecule has 2 aromatic rings. The number of halogens is 1. The number of aromatic nitrogens is 2. The van der Waals surface area contributed by atoms with Crippen molar-refractivity contribution in [3.05, 3.63) is 48.2 Å². The quantitative estimate of drug-likeness (QED) is 0.808. The van der Waals surface area contributed by atoms with E-state index in [1.165, 1.54) is 6.07 Å². The van der Waals surface area contributed by atoms with E-state index in [9.17, 15) is 4.39 Å². The molecule has 0 bridgehead atoms. The van der Waals surface area contributed by atoms with Crippen LogP contribution in [0, 0.1) is 5.82 Å². The summed E-state index contributed by atoms with van der Waals surface area (Å²) in [7, 11) is 0. The second-order valence-corrected chi connectivity index (χ2v) is 3.04. The predicted octanol–water partition coefficient (Wildman–Crippen LogP) is 1.74. The molecule has 0 radical (unpaired) electrons. The van der Waals surface area contributed by atoms with Gasteiger partial charge in [-0.05, 0) is 18.2 Å². The number of nitrogens with two attached hydrogens (primary N) is 1. The van der Waals surface area contributed by atoms with Gasteiger partial charge in [-0.1, -0.05) is 12.1 Å². The van der Waals surface area contributed by atoms with Gasteiger partial charge in [-0.25, -0.2) is 14.4 Å².